The lowest BCUT2D eigenvalue weighted by atomic mass is 10.1. The van der Waals surface area contributed by atoms with Gasteiger partial charge in [0, 0.05) is 29.8 Å². The van der Waals surface area contributed by atoms with E-state index in [4.69, 9.17) is 21.1 Å². The van der Waals surface area contributed by atoms with Gasteiger partial charge in [0.15, 0.2) is 11.5 Å². The van der Waals surface area contributed by atoms with Gasteiger partial charge in [0.25, 0.3) is 0 Å². The third-order valence-electron chi connectivity index (χ3n) is 5.01. The van der Waals surface area contributed by atoms with Gasteiger partial charge in [-0.2, -0.15) is 13.2 Å². The molecule has 0 aliphatic carbocycles. The second-order valence-electron chi connectivity index (χ2n) is 7.49. The minimum Gasteiger partial charge on any atom is -0.493 e. The van der Waals surface area contributed by atoms with E-state index in [0.29, 0.717) is 17.9 Å². The van der Waals surface area contributed by atoms with Gasteiger partial charge in [0.05, 0.1) is 18.2 Å². The Kier molecular flexibility index (Phi) is 6.20. The average Bonchev–Trinajstić information content (AvgIpc) is 3.31. The van der Waals surface area contributed by atoms with Gasteiger partial charge in [-0.25, -0.2) is 0 Å². The van der Waals surface area contributed by atoms with Gasteiger partial charge in [-0.3, -0.25) is 9.20 Å². The molecule has 3 heterocycles. The molecule has 2 aromatic heterocycles. The standard InChI is InChI=1S/C22H20ClF3N4O3/c1-3-32-17-8-14-6-12(2)33-18(14)7-13(17)4-5-20(31)27-10-19-28-29-21-16(22(24,25)26)9-15(23)11-30(19)21/h4-5,7-9,11-12H,3,6,10H2,1-2H3,(H,27,31)/b5-4+/t12-/m1/s1. The number of pyridine rings is 1. The number of aromatic nitrogens is 3. The number of hydrogen-bond acceptors (Lipinski definition) is 5. The van der Waals surface area contributed by atoms with Gasteiger partial charge in [-0.1, -0.05) is 11.6 Å². The lowest BCUT2D eigenvalue weighted by Gasteiger charge is -2.10. The van der Waals surface area contributed by atoms with Gasteiger partial charge in [0.1, 0.15) is 23.2 Å². The van der Waals surface area contributed by atoms with Crippen molar-refractivity contribution in [2.24, 2.45) is 0 Å². The molecule has 0 spiro atoms. The first-order valence-electron chi connectivity index (χ1n) is 10.2. The van der Waals surface area contributed by atoms with Crippen molar-refractivity contribution in [3.8, 4) is 11.5 Å². The van der Waals surface area contributed by atoms with Crippen LogP contribution in [-0.2, 0) is 23.9 Å². The smallest absolute Gasteiger partial charge is 0.420 e. The Labute approximate surface area is 192 Å². The number of nitrogens with one attached hydrogen (secondary N) is 1. The first-order chi connectivity index (χ1) is 15.7. The molecule has 7 nitrogen and oxygen atoms in total. The van der Waals surface area contributed by atoms with Crippen molar-refractivity contribution in [1.82, 2.24) is 19.9 Å². The molecule has 4 rings (SSSR count). The fourth-order valence-electron chi connectivity index (χ4n) is 3.59. The lowest BCUT2D eigenvalue weighted by Crippen LogP contribution is -2.21. The molecule has 33 heavy (non-hydrogen) atoms. The van der Waals surface area contributed by atoms with E-state index in [1.54, 1.807) is 6.08 Å². The quantitative estimate of drug-likeness (QED) is 0.527. The van der Waals surface area contributed by atoms with Crippen LogP contribution in [0, 0.1) is 0 Å². The highest BCUT2D eigenvalue weighted by Gasteiger charge is 2.35. The molecule has 0 saturated heterocycles. The molecule has 1 aromatic carbocycles. The van der Waals surface area contributed by atoms with Crippen LogP contribution in [0.1, 0.15) is 36.4 Å². The highest BCUT2D eigenvalue weighted by Crippen LogP contribution is 2.36. The van der Waals surface area contributed by atoms with Crippen LogP contribution in [-0.4, -0.2) is 33.2 Å². The Morgan fingerprint density at radius 2 is 2.15 bits per heavy atom. The number of alkyl halides is 3. The number of nitrogens with zero attached hydrogens (tertiary/aromatic N) is 3. The molecule has 0 bridgehead atoms. The van der Waals surface area contributed by atoms with Gasteiger partial charge in [-0.05, 0) is 38.1 Å². The molecule has 1 atom stereocenters. The Morgan fingerprint density at radius 1 is 1.36 bits per heavy atom. The number of carbonyl (C=O) groups is 1. The maximum absolute atomic E-state index is 13.2. The molecule has 0 fully saturated rings. The molecule has 11 heteroatoms. The zero-order valence-corrected chi connectivity index (χ0v) is 18.5. The highest BCUT2D eigenvalue weighted by atomic mass is 35.5. The van der Waals surface area contributed by atoms with E-state index in [9.17, 15) is 18.0 Å². The largest absolute Gasteiger partial charge is 0.493 e. The number of rotatable bonds is 6. The third-order valence-corrected chi connectivity index (χ3v) is 5.22. The minimum absolute atomic E-state index is 0.0707. The maximum atomic E-state index is 13.2. The van der Waals surface area contributed by atoms with Crippen LogP contribution in [0.3, 0.4) is 0 Å². The summed E-state index contributed by atoms with van der Waals surface area (Å²) in [5.74, 6) is 1.02. The minimum atomic E-state index is -4.64. The Hall–Kier alpha value is -3.27. The summed E-state index contributed by atoms with van der Waals surface area (Å²) >= 11 is 5.83. The van der Waals surface area contributed by atoms with E-state index in [2.05, 4.69) is 15.5 Å². The number of hydrogen-bond donors (Lipinski definition) is 1. The summed E-state index contributed by atoms with van der Waals surface area (Å²) in [5, 5.41) is 9.83. The first-order valence-corrected chi connectivity index (χ1v) is 10.6. The molecule has 3 aromatic rings. The van der Waals surface area contributed by atoms with Gasteiger partial charge >= 0.3 is 6.18 Å². The van der Waals surface area contributed by atoms with Crippen LogP contribution >= 0.6 is 11.6 Å². The van der Waals surface area contributed by atoms with E-state index in [-0.39, 0.29) is 29.1 Å². The molecule has 174 valence electrons. The van der Waals surface area contributed by atoms with Gasteiger partial charge in [0.2, 0.25) is 5.91 Å². The van der Waals surface area contributed by atoms with E-state index < -0.39 is 17.6 Å². The number of halogens is 4. The lowest BCUT2D eigenvalue weighted by molar-refractivity contribution is -0.136. The summed E-state index contributed by atoms with van der Waals surface area (Å²) < 4.78 is 52.3. The zero-order chi connectivity index (χ0) is 23.8. The number of amides is 1. The monoisotopic (exact) mass is 480 g/mol. The summed E-state index contributed by atoms with van der Waals surface area (Å²) in [5.41, 5.74) is 0.328. The van der Waals surface area contributed by atoms with Crippen LogP contribution in [0.15, 0.2) is 30.5 Å². The maximum Gasteiger partial charge on any atom is 0.420 e. The van der Waals surface area contributed by atoms with Gasteiger partial charge < -0.3 is 14.8 Å². The van der Waals surface area contributed by atoms with Crippen molar-refractivity contribution in [3.05, 3.63) is 58.0 Å². The molecular weight excluding hydrogens is 461 g/mol. The molecule has 1 aliphatic rings. The molecule has 1 N–H and O–H groups in total. The summed E-state index contributed by atoms with van der Waals surface area (Å²) in [6.07, 6.45) is 0.377. The predicted molar refractivity (Wildman–Crippen MR) is 115 cm³/mol. The number of benzene rings is 1. The van der Waals surface area contributed by atoms with Crippen LogP contribution in [0.2, 0.25) is 5.02 Å². The number of carbonyl (C=O) groups excluding carboxylic acids is 1. The highest BCUT2D eigenvalue weighted by molar-refractivity contribution is 6.30. The zero-order valence-electron chi connectivity index (χ0n) is 17.7. The van der Waals surface area contributed by atoms with E-state index >= 15 is 0 Å². The summed E-state index contributed by atoms with van der Waals surface area (Å²) in [6, 6.07) is 4.51. The fourth-order valence-corrected chi connectivity index (χ4v) is 3.80. The molecule has 0 unspecified atom stereocenters. The van der Waals surface area contributed by atoms with E-state index in [1.165, 1.54) is 12.3 Å². The number of fused-ring (bicyclic) bond motifs is 2. The van der Waals surface area contributed by atoms with E-state index in [1.807, 2.05) is 26.0 Å². The summed E-state index contributed by atoms with van der Waals surface area (Å²) in [6.45, 7) is 4.16. The SMILES string of the molecule is CCOc1cc2c(cc1/C=C/C(=O)NCc1nnc3c(C(F)(F)F)cc(Cl)cn13)O[C@H](C)C2. The first kappa shape index (κ1) is 22.9. The van der Waals surface area contributed by atoms with Crippen LogP contribution in [0.5, 0.6) is 11.5 Å². The normalized spacial score (nSPS) is 15.6. The molecular formula is C22H20ClF3N4O3. The summed E-state index contributed by atoms with van der Waals surface area (Å²) in [7, 11) is 0. The molecule has 1 aliphatic heterocycles. The van der Waals surface area contributed by atoms with Crippen molar-refractivity contribution in [2.45, 2.75) is 39.1 Å². The number of ether oxygens (including phenoxy) is 2. The van der Waals surface area contributed by atoms with Crippen molar-refractivity contribution in [2.75, 3.05) is 6.61 Å². The van der Waals surface area contributed by atoms with Crippen LogP contribution in [0.25, 0.3) is 11.7 Å². The Morgan fingerprint density at radius 3 is 2.88 bits per heavy atom. The Bertz CT molecular complexity index is 1240. The van der Waals surface area contributed by atoms with Crippen LogP contribution in [0.4, 0.5) is 13.2 Å². The third kappa shape index (κ3) is 4.90. The predicted octanol–water partition coefficient (Wildman–Crippen LogP) is 4.45. The van der Waals surface area contributed by atoms with Crippen LogP contribution < -0.4 is 14.8 Å². The molecule has 0 saturated carbocycles. The molecule has 0 radical (unpaired) electrons. The van der Waals surface area contributed by atoms with Crippen molar-refractivity contribution < 1.29 is 27.4 Å². The van der Waals surface area contributed by atoms with Crippen molar-refractivity contribution >= 4 is 29.2 Å². The van der Waals surface area contributed by atoms with Crippen molar-refractivity contribution in [3.63, 3.8) is 0 Å². The Balaban J connectivity index is 1.50. The second kappa shape index (κ2) is 8.93. The summed E-state index contributed by atoms with van der Waals surface area (Å²) in [4.78, 5) is 12.4. The van der Waals surface area contributed by atoms with Gasteiger partial charge in [-0.15, -0.1) is 10.2 Å². The fraction of sp³-hybridized carbons (Fsp3) is 0.318. The van der Waals surface area contributed by atoms with E-state index in [0.717, 1.165) is 28.2 Å². The second-order valence-corrected chi connectivity index (χ2v) is 7.93. The average molecular weight is 481 g/mol. The van der Waals surface area contributed by atoms with Crippen molar-refractivity contribution in [1.29, 1.82) is 0 Å². The molecule has 1 amide bonds. The topological polar surface area (TPSA) is 77.8 Å².